The van der Waals surface area contributed by atoms with Gasteiger partial charge in [-0.05, 0) is 23.6 Å². The first-order chi connectivity index (χ1) is 10.3. The van der Waals surface area contributed by atoms with E-state index in [0.29, 0.717) is 6.54 Å². The minimum atomic E-state index is -3.44. The maximum absolute atomic E-state index is 12.3. The zero-order chi connectivity index (χ0) is 16.3. The normalized spacial score (nSPS) is 13.5. The molecule has 3 N–H and O–H groups in total. The molecule has 7 heteroatoms. The Kier molecular flexibility index (Phi) is 4.87. The van der Waals surface area contributed by atoms with Crippen LogP contribution in [0.1, 0.15) is 19.4 Å². The Morgan fingerprint density at radius 3 is 2.64 bits per heavy atom. The van der Waals surface area contributed by atoms with Gasteiger partial charge in [0.15, 0.2) is 0 Å². The highest BCUT2D eigenvalue weighted by molar-refractivity contribution is 7.88. The summed E-state index contributed by atoms with van der Waals surface area (Å²) in [5, 5.41) is 3.85. The molecule has 1 amide bonds. The Morgan fingerprint density at radius 2 is 2.00 bits per heavy atom. The summed E-state index contributed by atoms with van der Waals surface area (Å²) in [6.07, 6.45) is 2.90. The maximum atomic E-state index is 12.3. The van der Waals surface area contributed by atoms with E-state index in [-0.39, 0.29) is 11.8 Å². The molecule has 0 aliphatic carbocycles. The van der Waals surface area contributed by atoms with E-state index in [1.807, 2.05) is 30.5 Å². The van der Waals surface area contributed by atoms with E-state index < -0.39 is 16.1 Å². The summed E-state index contributed by atoms with van der Waals surface area (Å²) in [6.45, 7) is 3.95. The Bertz CT molecular complexity index is 765. The van der Waals surface area contributed by atoms with Gasteiger partial charge in [0.2, 0.25) is 15.9 Å². The molecule has 1 atom stereocenters. The highest BCUT2D eigenvalue weighted by Crippen LogP contribution is 2.17. The number of benzene rings is 1. The molecule has 0 saturated heterocycles. The highest BCUT2D eigenvalue weighted by Gasteiger charge is 2.25. The third-order valence-corrected chi connectivity index (χ3v) is 4.11. The number of carbonyl (C=O) groups excluding carboxylic acids is 1. The first-order valence-corrected chi connectivity index (χ1v) is 8.97. The number of hydrogen-bond acceptors (Lipinski definition) is 3. The molecule has 2 rings (SSSR count). The van der Waals surface area contributed by atoms with Gasteiger partial charge in [0.1, 0.15) is 6.04 Å². The predicted octanol–water partition coefficient (Wildman–Crippen LogP) is 1.36. The largest absolute Gasteiger partial charge is 0.361 e. The van der Waals surface area contributed by atoms with Crippen LogP contribution in [0.5, 0.6) is 0 Å². The molecule has 0 bridgehead atoms. The second kappa shape index (κ2) is 6.50. The monoisotopic (exact) mass is 323 g/mol. The topological polar surface area (TPSA) is 91.1 Å². The molecule has 0 saturated carbocycles. The lowest BCUT2D eigenvalue weighted by Gasteiger charge is -2.20. The summed E-state index contributed by atoms with van der Waals surface area (Å²) in [6, 6.07) is 6.98. The standard InChI is InChI=1S/C15H21N3O3S/c1-10(2)14(18-22(3,20)21)15(19)17-9-11-5-4-6-13-12(11)7-8-16-13/h4-8,10,14,16,18H,9H2,1-3H3,(H,17,19)/t14-/m0/s1. The quantitative estimate of drug-likeness (QED) is 0.749. The van der Waals surface area contributed by atoms with Crippen molar-refractivity contribution in [3.05, 3.63) is 36.0 Å². The van der Waals surface area contributed by atoms with E-state index in [0.717, 1.165) is 22.7 Å². The van der Waals surface area contributed by atoms with Gasteiger partial charge in [-0.3, -0.25) is 4.79 Å². The first kappa shape index (κ1) is 16.5. The van der Waals surface area contributed by atoms with Gasteiger partial charge in [0.05, 0.1) is 6.26 Å². The van der Waals surface area contributed by atoms with Crippen LogP contribution in [0.3, 0.4) is 0 Å². The van der Waals surface area contributed by atoms with E-state index >= 15 is 0 Å². The number of fused-ring (bicyclic) bond motifs is 1. The highest BCUT2D eigenvalue weighted by atomic mass is 32.2. The number of carbonyl (C=O) groups is 1. The molecule has 0 spiro atoms. The fourth-order valence-electron chi connectivity index (χ4n) is 2.32. The van der Waals surface area contributed by atoms with Gasteiger partial charge in [-0.15, -0.1) is 0 Å². The number of H-pyrrole nitrogens is 1. The molecule has 6 nitrogen and oxygen atoms in total. The minimum Gasteiger partial charge on any atom is -0.361 e. The minimum absolute atomic E-state index is 0.141. The predicted molar refractivity (Wildman–Crippen MR) is 86.8 cm³/mol. The fraction of sp³-hybridized carbons (Fsp3) is 0.400. The summed E-state index contributed by atoms with van der Waals surface area (Å²) in [5.74, 6) is -0.467. The van der Waals surface area contributed by atoms with Gasteiger partial charge in [-0.25, -0.2) is 13.1 Å². The molecule has 2 aromatic rings. The molecule has 120 valence electrons. The Labute approximate surface area is 130 Å². The van der Waals surface area contributed by atoms with E-state index in [1.165, 1.54) is 0 Å². The van der Waals surface area contributed by atoms with E-state index in [2.05, 4.69) is 15.0 Å². The number of rotatable bonds is 6. The van der Waals surface area contributed by atoms with Crippen LogP contribution < -0.4 is 10.0 Å². The van der Waals surface area contributed by atoms with Crippen molar-refractivity contribution in [2.24, 2.45) is 5.92 Å². The number of nitrogens with one attached hydrogen (secondary N) is 3. The SMILES string of the molecule is CC(C)[C@H](NS(C)(=O)=O)C(=O)NCc1cccc2[nH]ccc12. The van der Waals surface area contributed by atoms with E-state index in [4.69, 9.17) is 0 Å². The fourth-order valence-corrected chi connectivity index (χ4v) is 3.16. The summed E-state index contributed by atoms with van der Waals surface area (Å²) in [7, 11) is -3.44. The molecular weight excluding hydrogens is 302 g/mol. The third-order valence-electron chi connectivity index (χ3n) is 3.43. The van der Waals surface area contributed by atoms with Gasteiger partial charge in [-0.1, -0.05) is 26.0 Å². The summed E-state index contributed by atoms with van der Waals surface area (Å²) in [4.78, 5) is 15.4. The van der Waals surface area contributed by atoms with Crippen molar-refractivity contribution in [1.82, 2.24) is 15.0 Å². The second-order valence-corrected chi connectivity index (χ2v) is 7.47. The number of aromatic nitrogens is 1. The van der Waals surface area contributed by atoms with Crippen LogP contribution >= 0.6 is 0 Å². The Hall–Kier alpha value is -1.86. The Balaban J connectivity index is 2.09. The van der Waals surface area contributed by atoms with Crippen molar-refractivity contribution in [3.8, 4) is 0 Å². The first-order valence-electron chi connectivity index (χ1n) is 7.08. The van der Waals surface area contributed by atoms with Gasteiger partial charge in [0, 0.05) is 23.6 Å². The average molecular weight is 323 g/mol. The van der Waals surface area contributed by atoms with Gasteiger partial charge >= 0.3 is 0 Å². The van der Waals surface area contributed by atoms with Crippen molar-refractivity contribution < 1.29 is 13.2 Å². The van der Waals surface area contributed by atoms with Gasteiger partial charge in [0.25, 0.3) is 0 Å². The molecule has 0 aliphatic rings. The van der Waals surface area contributed by atoms with Crippen LogP contribution in [0.2, 0.25) is 0 Å². The molecule has 0 fully saturated rings. The van der Waals surface area contributed by atoms with Crippen LogP contribution in [-0.4, -0.2) is 31.6 Å². The van der Waals surface area contributed by atoms with Crippen molar-refractivity contribution in [2.75, 3.05) is 6.26 Å². The number of aromatic amines is 1. The molecule has 1 aromatic carbocycles. The number of hydrogen-bond donors (Lipinski definition) is 3. The second-order valence-electron chi connectivity index (χ2n) is 5.69. The van der Waals surface area contributed by atoms with E-state index in [1.54, 1.807) is 13.8 Å². The lowest BCUT2D eigenvalue weighted by molar-refractivity contribution is -0.123. The maximum Gasteiger partial charge on any atom is 0.238 e. The van der Waals surface area contributed by atoms with Crippen molar-refractivity contribution >= 4 is 26.8 Å². The molecule has 0 radical (unpaired) electrons. The molecule has 1 aromatic heterocycles. The Morgan fingerprint density at radius 1 is 1.27 bits per heavy atom. The summed E-state index contributed by atoms with van der Waals surface area (Å²) in [5.41, 5.74) is 1.98. The zero-order valence-corrected chi connectivity index (χ0v) is 13.7. The van der Waals surface area contributed by atoms with Crippen LogP contribution in [-0.2, 0) is 21.4 Å². The molecule has 1 heterocycles. The number of amides is 1. The lowest BCUT2D eigenvalue weighted by Crippen LogP contribution is -2.49. The summed E-state index contributed by atoms with van der Waals surface area (Å²) < 4.78 is 25.1. The van der Waals surface area contributed by atoms with Crippen LogP contribution in [0, 0.1) is 5.92 Å². The van der Waals surface area contributed by atoms with Gasteiger partial charge < -0.3 is 10.3 Å². The molecule has 0 aliphatic heterocycles. The molecular formula is C15H21N3O3S. The third kappa shape index (κ3) is 4.08. The average Bonchev–Trinajstić information content (AvgIpc) is 2.89. The van der Waals surface area contributed by atoms with Crippen LogP contribution in [0.15, 0.2) is 30.5 Å². The van der Waals surface area contributed by atoms with Gasteiger partial charge in [-0.2, -0.15) is 0 Å². The smallest absolute Gasteiger partial charge is 0.238 e. The van der Waals surface area contributed by atoms with Crippen molar-refractivity contribution in [2.45, 2.75) is 26.4 Å². The van der Waals surface area contributed by atoms with Crippen molar-refractivity contribution in [1.29, 1.82) is 0 Å². The molecule has 0 unspecified atom stereocenters. The van der Waals surface area contributed by atoms with Crippen LogP contribution in [0.25, 0.3) is 10.9 Å². The number of sulfonamides is 1. The summed E-state index contributed by atoms with van der Waals surface area (Å²) >= 11 is 0. The lowest BCUT2D eigenvalue weighted by atomic mass is 10.0. The molecule has 22 heavy (non-hydrogen) atoms. The van der Waals surface area contributed by atoms with E-state index in [9.17, 15) is 13.2 Å². The van der Waals surface area contributed by atoms with Crippen LogP contribution in [0.4, 0.5) is 0 Å². The zero-order valence-electron chi connectivity index (χ0n) is 12.9. The van der Waals surface area contributed by atoms with Crippen molar-refractivity contribution in [3.63, 3.8) is 0 Å².